The molecule has 0 spiro atoms. The van der Waals surface area contributed by atoms with Crippen molar-refractivity contribution < 1.29 is 29.0 Å². The summed E-state index contributed by atoms with van der Waals surface area (Å²) in [6.45, 7) is 2.49. The van der Waals surface area contributed by atoms with Crippen LogP contribution in [0.1, 0.15) is 25.0 Å². The third-order valence-electron chi connectivity index (χ3n) is 3.13. The molecule has 25 heavy (non-hydrogen) atoms. The number of hydrogen-bond donors (Lipinski definition) is 1. The maximum atomic E-state index is 11.8. The summed E-state index contributed by atoms with van der Waals surface area (Å²) in [5.41, 5.74) is 0.548. The molecule has 0 saturated heterocycles. The number of hydrogen-bond acceptors (Lipinski definition) is 5. The zero-order chi connectivity index (χ0) is 18.4. The Kier molecular flexibility index (Phi) is 5.68. The smallest absolute Gasteiger partial charge is 0.336 e. The van der Waals surface area contributed by atoms with E-state index in [-0.39, 0.29) is 22.6 Å². The largest absolute Gasteiger partial charge is 0.478 e. The first-order valence-electron chi connectivity index (χ1n) is 7.38. The van der Waals surface area contributed by atoms with Gasteiger partial charge in [-0.3, -0.25) is 9.59 Å². The first-order valence-corrected chi connectivity index (χ1v) is 7.38. The Labute approximate surface area is 144 Å². The molecule has 6 nitrogen and oxygen atoms in total. The molecule has 128 valence electrons. The number of carbonyl (C=O) groups excluding carboxylic acids is 2. The van der Waals surface area contributed by atoms with Crippen LogP contribution in [0.4, 0.5) is 0 Å². The zero-order valence-electron chi connectivity index (χ0n) is 13.7. The number of ether oxygens (including phenoxy) is 2. The minimum absolute atomic E-state index is 0.101. The van der Waals surface area contributed by atoms with Gasteiger partial charge in [0.1, 0.15) is 11.5 Å². The van der Waals surface area contributed by atoms with Gasteiger partial charge < -0.3 is 14.6 Å². The van der Waals surface area contributed by atoms with Crippen LogP contribution in [0.5, 0.6) is 11.5 Å². The third-order valence-corrected chi connectivity index (χ3v) is 3.13. The summed E-state index contributed by atoms with van der Waals surface area (Å²) < 4.78 is 10.2. The Morgan fingerprint density at radius 1 is 0.840 bits per heavy atom. The van der Waals surface area contributed by atoms with Crippen LogP contribution >= 0.6 is 0 Å². The van der Waals surface area contributed by atoms with Crippen LogP contribution in [-0.4, -0.2) is 23.0 Å². The van der Waals surface area contributed by atoms with Gasteiger partial charge in [-0.25, -0.2) is 4.79 Å². The Bertz CT molecular complexity index is 850. The number of para-hydroxylation sites is 2. The molecular formula is C19H16O6. The van der Waals surface area contributed by atoms with Crippen molar-refractivity contribution in [2.75, 3.05) is 0 Å². The van der Waals surface area contributed by atoms with E-state index in [1.165, 1.54) is 32.1 Å². The number of rotatable bonds is 5. The second kappa shape index (κ2) is 7.92. The molecule has 2 rings (SSSR count). The predicted molar refractivity (Wildman–Crippen MR) is 91.0 cm³/mol. The van der Waals surface area contributed by atoms with Crippen molar-refractivity contribution in [2.45, 2.75) is 13.8 Å². The molecule has 6 heteroatoms. The molecule has 0 fully saturated rings. The SMILES string of the molecule is CC(=O)Oc1ccccc1/C=C(\C(=O)O)c1ccccc1OC(C)=O. The fraction of sp³-hybridized carbons (Fsp3) is 0.105. The van der Waals surface area contributed by atoms with E-state index in [2.05, 4.69) is 0 Å². The van der Waals surface area contributed by atoms with Crippen LogP contribution in [0.2, 0.25) is 0 Å². The zero-order valence-corrected chi connectivity index (χ0v) is 13.7. The molecule has 0 atom stereocenters. The Morgan fingerprint density at radius 2 is 1.36 bits per heavy atom. The highest BCUT2D eigenvalue weighted by atomic mass is 16.5. The topological polar surface area (TPSA) is 89.9 Å². The minimum atomic E-state index is -1.21. The lowest BCUT2D eigenvalue weighted by Crippen LogP contribution is -2.07. The van der Waals surface area contributed by atoms with Crippen molar-refractivity contribution in [3.63, 3.8) is 0 Å². The van der Waals surface area contributed by atoms with E-state index in [1.54, 1.807) is 36.4 Å². The van der Waals surface area contributed by atoms with E-state index < -0.39 is 17.9 Å². The molecule has 0 saturated carbocycles. The molecule has 0 bridgehead atoms. The highest BCUT2D eigenvalue weighted by Crippen LogP contribution is 2.30. The van der Waals surface area contributed by atoms with Gasteiger partial charge >= 0.3 is 17.9 Å². The summed E-state index contributed by atoms with van der Waals surface area (Å²) in [4.78, 5) is 34.2. The molecular weight excluding hydrogens is 324 g/mol. The van der Waals surface area contributed by atoms with Gasteiger partial charge in [0.2, 0.25) is 0 Å². The average molecular weight is 340 g/mol. The molecule has 2 aromatic rings. The van der Waals surface area contributed by atoms with E-state index in [0.717, 1.165) is 0 Å². The van der Waals surface area contributed by atoms with Crippen molar-refractivity contribution in [3.05, 3.63) is 59.7 Å². The number of esters is 2. The van der Waals surface area contributed by atoms with Crippen LogP contribution < -0.4 is 9.47 Å². The highest BCUT2D eigenvalue weighted by molar-refractivity contribution is 6.21. The first-order chi connectivity index (χ1) is 11.9. The monoisotopic (exact) mass is 340 g/mol. The lowest BCUT2D eigenvalue weighted by molar-refractivity contribution is -0.133. The van der Waals surface area contributed by atoms with E-state index in [4.69, 9.17) is 9.47 Å². The molecule has 0 aromatic heterocycles. The van der Waals surface area contributed by atoms with Crippen LogP contribution in [-0.2, 0) is 14.4 Å². The van der Waals surface area contributed by atoms with Gasteiger partial charge in [0.25, 0.3) is 0 Å². The van der Waals surface area contributed by atoms with Crippen molar-refractivity contribution in [2.24, 2.45) is 0 Å². The van der Waals surface area contributed by atoms with Gasteiger partial charge in [-0.15, -0.1) is 0 Å². The molecule has 0 aliphatic heterocycles. The van der Waals surface area contributed by atoms with Gasteiger partial charge in [0.05, 0.1) is 5.57 Å². The van der Waals surface area contributed by atoms with Gasteiger partial charge in [-0.05, 0) is 18.2 Å². The molecule has 0 aliphatic carbocycles. The molecule has 1 N–H and O–H groups in total. The van der Waals surface area contributed by atoms with Crippen LogP contribution in [0.3, 0.4) is 0 Å². The molecule has 2 aromatic carbocycles. The number of carbonyl (C=O) groups is 3. The lowest BCUT2D eigenvalue weighted by Gasteiger charge is -2.11. The Morgan fingerprint density at radius 3 is 1.96 bits per heavy atom. The van der Waals surface area contributed by atoms with Crippen LogP contribution in [0.15, 0.2) is 48.5 Å². The van der Waals surface area contributed by atoms with Crippen molar-refractivity contribution in [1.29, 1.82) is 0 Å². The molecule has 0 aliphatic rings. The highest BCUT2D eigenvalue weighted by Gasteiger charge is 2.17. The fourth-order valence-corrected chi connectivity index (χ4v) is 2.19. The number of carboxylic acids is 1. The molecule has 0 heterocycles. The van der Waals surface area contributed by atoms with E-state index in [9.17, 15) is 19.5 Å². The summed E-state index contributed by atoms with van der Waals surface area (Å²) in [6.07, 6.45) is 1.36. The summed E-state index contributed by atoms with van der Waals surface area (Å²) in [6, 6.07) is 12.8. The van der Waals surface area contributed by atoms with Crippen molar-refractivity contribution >= 4 is 29.6 Å². The van der Waals surface area contributed by atoms with Gasteiger partial charge in [-0.2, -0.15) is 0 Å². The average Bonchev–Trinajstić information content (AvgIpc) is 2.53. The Hall–Kier alpha value is -3.41. The van der Waals surface area contributed by atoms with E-state index in [0.29, 0.717) is 5.56 Å². The van der Waals surface area contributed by atoms with Gasteiger partial charge in [-0.1, -0.05) is 36.4 Å². The summed E-state index contributed by atoms with van der Waals surface area (Å²) in [5.74, 6) is -1.92. The number of carboxylic acid groups (broad SMARTS) is 1. The Balaban J connectivity index is 2.57. The van der Waals surface area contributed by atoms with E-state index in [1.807, 2.05) is 0 Å². The maximum absolute atomic E-state index is 11.8. The summed E-state index contributed by atoms with van der Waals surface area (Å²) in [5, 5.41) is 9.60. The van der Waals surface area contributed by atoms with Gasteiger partial charge in [0, 0.05) is 25.0 Å². The van der Waals surface area contributed by atoms with Crippen LogP contribution in [0.25, 0.3) is 11.6 Å². The second-order valence-electron chi connectivity index (χ2n) is 5.08. The first kappa shape index (κ1) is 17.9. The molecule has 0 unspecified atom stereocenters. The quantitative estimate of drug-likeness (QED) is 0.389. The standard InChI is InChI=1S/C19H16O6/c1-12(20)24-17-9-5-3-7-14(17)11-16(19(22)23)15-8-4-6-10-18(15)25-13(2)21/h3-11H,1-2H3,(H,22,23)/b16-11-. The minimum Gasteiger partial charge on any atom is -0.478 e. The number of benzene rings is 2. The van der Waals surface area contributed by atoms with Crippen LogP contribution in [0, 0.1) is 0 Å². The second-order valence-corrected chi connectivity index (χ2v) is 5.08. The lowest BCUT2D eigenvalue weighted by atomic mass is 10.0. The predicted octanol–water partition coefficient (Wildman–Crippen LogP) is 3.16. The summed E-state index contributed by atoms with van der Waals surface area (Å²) in [7, 11) is 0. The summed E-state index contributed by atoms with van der Waals surface area (Å²) >= 11 is 0. The third kappa shape index (κ3) is 4.78. The number of aliphatic carboxylic acids is 1. The van der Waals surface area contributed by atoms with Gasteiger partial charge in [0.15, 0.2) is 0 Å². The van der Waals surface area contributed by atoms with Crippen molar-refractivity contribution in [1.82, 2.24) is 0 Å². The maximum Gasteiger partial charge on any atom is 0.336 e. The van der Waals surface area contributed by atoms with Crippen molar-refractivity contribution in [3.8, 4) is 11.5 Å². The molecule has 0 radical (unpaired) electrons. The van der Waals surface area contributed by atoms with E-state index >= 15 is 0 Å². The normalized spacial score (nSPS) is 10.9. The molecule has 0 amide bonds. The fourth-order valence-electron chi connectivity index (χ4n) is 2.19.